The van der Waals surface area contributed by atoms with Crippen LogP contribution in [0.5, 0.6) is 0 Å². The monoisotopic (exact) mass is 499 g/mol. The van der Waals surface area contributed by atoms with Crippen LogP contribution in [0.4, 0.5) is 0 Å². The fourth-order valence-electron chi connectivity index (χ4n) is 5.64. The number of aryl methyl sites for hydroxylation is 2. The summed E-state index contributed by atoms with van der Waals surface area (Å²) < 4.78 is 2.01. The molecule has 1 N–H and O–H groups in total. The van der Waals surface area contributed by atoms with E-state index in [0.717, 1.165) is 39.7 Å². The van der Waals surface area contributed by atoms with Crippen molar-refractivity contribution in [3.63, 3.8) is 0 Å². The van der Waals surface area contributed by atoms with Gasteiger partial charge in [0.1, 0.15) is 17.0 Å². The molecule has 192 valence electrons. The lowest BCUT2D eigenvalue weighted by Crippen LogP contribution is -2.43. The predicted molar refractivity (Wildman–Crippen MR) is 142 cm³/mol. The second-order valence-corrected chi connectivity index (χ2v) is 11.4. The number of aliphatic imine (C=N–C) groups is 1. The van der Waals surface area contributed by atoms with Crippen LogP contribution in [0.2, 0.25) is 0 Å². The molecule has 1 aromatic heterocycles. The van der Waals surface area contributed by atoms with Crippen molar-refractivity contribution in [1.29, 1.82) is 0 Å². The van der Waals surface area contributed by atoms with Gasteiger partial charge < -0.3 is 14.6 Å². The highest BCUT2D eigenvalue weighted by Gasteiger charge is 2.51. The lowest BCUT2D eigenvalue weighted by Gasteiger charge is -2.25. The van der Waals surface area contributed by atoms with Gasteiger partial charge in [0.2, 0.25) is 0 Å². The number of aromatic nitrogens is 2. The zero-order valence-corrected chi connectivity index (χ0v) is 21.9. The standard InChI is InChI=1S/C29H33N5O3/c1-18-13-20(21-6-8-24-23(14-21)30-17-32(24)4)5-7-22(18)25-31-28(2,3)26(35)34(25)16-19-9-12-33(15-19)27(36)29(37)10-11-29/h5-8,13-14,17,19,37H,9-12,15-16H2,1-4H3. The third-order valence-electron chi connectivity index (χ3n) is 8.07. The van der Waals surface area contributed by atoms with Crippen LogP contribution >= 0.6 is 0 Å². The van der Waals surface area contributed by atoms with Crippen molar-refractivity contribution in [2.45, 2.75) is 51.2 Å². The lowest BCUT2D eigenvalue weighted by atomic mass is 9.98. The van der Waals surface area contributed by atoms with Crippen molar-refractivity contribution < 1.29 is 14.7 Å². The molecule has 8 heteroatoms. The first-order valence-electron chi connectivity index (χ1n) is 13.0. The van der Waals surface area contributed by atoms with E-state index in [9.17, 15) is 14.7 Å². The number of rotatable bonds is 5. The Morgan fingerprint density at radius 3 is 2.59 bits per heavy atom. The van der Waals surface area contributed by atoms with Crippen LogP contribution in [0.3, 0.4) is 0 Å². The molecule has 3 aromatic rings. The number of amidine groups is 1. The Kier molecular flexibility index (Phi) is 5.32. The Labute approximate surface area is 216 Å². The van der Waals surface area contributed by atoms with Gasteiger partial charge in [0, 0.05) is 32.2 Å². The minimum atomic E-state index is -1.15. The normalized spacial score (nSPS) is 22.1. The molecule has 1 unspecified atom stereocenters. The van der Waals surface area contributed by atoms with Crippen molar-refractivity contribution in [1.82, 2.24) is 19.4 Å². The number of carbonyl (C=O) groups excluding carboxylic acids is 2. The number of benzene rings is 2. The SMILES string of the molecule is Cc1cc(-c2ccc3c(c2)ncn3C)ccc1C1=NC(C)(C)C(=O)N1CC1CCN(C(=O)C2(O)CC2)C1. The number of hydrogen-bond donors (Lipinski definition) is 1. The largest absolute Gasteiger partial charge is 0.380 e. The third-order valence-corrected chi connectivity index (χ3v) is 8.07. The highest BCUT2D eigenvalue weighted by molar-refractivity contribution is 6.15. The van der Waals surface area contributed by atoms with Gasteiger partial charge >= 0.3 is 0 Å². The molecule has 37 heavy (non-hydrogen) atoms. The summed E-state index contributed by atoms with van der Waals surface area (Å²) >= 11 is 0. The summed E-state index contributed by atoms with van der Waals surface area (Å²) in [6.45, 7) is 7.47. The van der Waals surface area contributed by atoms with Crippen molar-refractivity contribution >= 4 is 28.7 Å². The van der Waals surface area contributed by atoms with E-state index in [1.165, 1.54) is 0 Å². The number of carbonyl (C=O) groups is 2. The molecule has 1 saturated heterocycles. The van der Waals surface area contributed by atoms with Gasteiger partial charge in [-0.05, 0) is 74.8 Å². The van der Waals surface area contributed by atoms with Gasteiger partial charge in [-0.2, -0.15) is 0 Å². The summed E-state index contributed by atoms with van der Waals surface area (Å²) in [6, 6.07) is 12.6. The lowest BCUT2D eigenvalue weighted by molar-refractivity contribution is -0.141. The number of fused-ring (bicyclic) bond motifs is 1. The molecule has 2 fully saturated rings. The Bertz CT molecular complexity index is 1470. The number of amides is 2. The van der Waals surface area contributed by atoms with Crippen molar-refractivity contribution in [3.8, 4) is 11.1 Å². The molecule has 2 amide bonds. The van der Waals surface area contributed by atoms with Crippen molar-refractivity contribution in [2.24, 2.45) is 18.0 Å². The Hall–Kier alpha value is -3.52. The maximum Gasteiger partial charge on any atom is 0.255 e. The average molecular weight is 500 g/mol. The van der Waals surface area contributed by atoms with Crippen LogP contribution < -0.4 is 0 Å². The van der Waals surface area contributed by atoms with E-state index in [0.29, 0.717) is 38.3 Å². The topological polar surface area (TPSA) is 91.0 Å². The van der Waals surface area contributed by atoms with Gasteiger partial charge in [-0.3, -0.25) is 19.5 Å². The first-order chi connectivity index (χ1) is 17.6. The van der Waals surface area contributed by atoms with E-state index in [-0.39, 0.29) is 17.7 Å². The highest BCUT2D eigenvalue weighted by Crippen LogP contribution is 2.38. The molecule has 2 aromatic carbocycles. The number of aliphatic hydroxyl groups is 1. The summed E-state index contributed by atoms with van der Waals surface area (Å²) in [5, 5.41) is 10.2. The van der Waals surface area contributed by atoms with Gasteiger partial charge in [0.05, 0.1) is 17.4 Å². The van der Waals surface area contributed by atoms with Crippen LogP contribution in [-0.2, 0) is 16.6 Å². The zero-order chi connectivity index (χ0) is 26.1. The van der Waals surface area contributed by atoms with Gasteiger partial charge in [0.25, 0.3) is 11.8 Å². The second-order valence-electron chi connectivity index (χ2n) is 11.4. The summed E-state index contributed by atoms with van der Waals surface area (Å²) in [7, 11) is 1.99. The minimum absolute atomic E-state index is 0.0165. The molecule has 0 spiro atoms. The van der Waals surface area contributed by atoms with E-state index in [1.54, 1.807) is 4.90 Å². The fraction of sp³-hybridized carbons (Fsp3) is 0.448. The Balaban J connectivity index is 1.25. The number of likely N-dealkylation sites (tertiary alicyclic amines) is 1. The van der Waals surface area contributed by atoms with E-state index in [2.05, 4.69) is 48.3 Å². The van der Waals surface area contributed by atoms with E-state index in [1.807, 2.05) is 36.7 Å². The molecular weight excluding hydrogens is 466 g/mol. The summed E-state index contributed by atoms with van der Waals surface area (Å²) in [6.07, 6.45) is 3.73. The number of imidazole rings is 1. The quantitative estimate of drug-likeness (QED) is 0.583. The van der Waals surface area contributed by atoms with Gasteiger partial charge in [-0.25, -0.2) is 4.98 Å². The Morgan fingerprint density at radius 2 is 1.86 bits per heavy atom. The maximum atomic E-state index is 13.4. The Morgan fingerprint density at radius 1 is 1.14 bits per heavy atom. The summed E-state index contributed by atoms with van der Waals surface area (Å²) in [5.41, 5.74) is 4.25. The molecule has 2 aliphatic heterocycles. The first-order valence-corrected chi connectivity index (χ1v) is 13.0. The van der Waals surface area contributed by atoms with Crippen LogP contribution in [0.25, 0.3) is 22.2 Å². The molecular formula is C29H33N5O3. The minimum Gasteiger partial charge on any atom is -0.380 e. The summed E-state index contributed by atoms with van der Waals surface area (Å²) in [5.74, 6) is 0.674. The number of nitrogens with zero attached hydrogens (tertiary/aromatic N) is 5. The van der Waals surface area contributed by atoms with Crippen LogP contribution in [-0.4, -0.2) is 72.9 Å². The molecule has 0 bridgehead atoms. The summed E-state index contributed by atoms with van der Waals surface area (Å²) in [4.78, 5) is 38.9. The molecule has 1 atom stereocenters. The molecule has 1 aliphatic carbocycles. The fourth-order valence-corrected chi connectivity index (χ4v) is 5.64. The smallest absolute Gasteiger partial charge is 0.255 e. The second kappa shape index (κ2) is 8.25. The molecule has 6 rings (SSSR count). The zero-order valence-electron chi connectivity index (χ0n) is 21.9. The van der Waals surface area contributed by atoms with Crippen molar-refractivity contribution in [3.05, 3.63) is 53.9 Å². The van der Waals surface area contributed by atoms with Gasteiger partial charge in [-0.1, -0.05) is 24.3 Å². The van der Waals surface area contributed by atoms with E-state index in [4.69, 9.17) is 4.99 Å². The van der Waals surface area contributed by atoms with Crippen LogP contribution in [0, 0.1) is 12.8 Å². The van der Waals surface area contributed by atoms with Gasteiger partial charge in [0.15, 0.2) is 0 Å². The van der Waals surface area contributed by atoms with Crippen molar-refractivity contribution in [2.75, 3.05) is 19.6 Å². The third kappa shape index (κ3) is 4.03. The number of hydrogen-bond acceptors (Lipinski definition) is 5. The molecule has 3 aliphatic rings. The molecule has 3 heterocycles. The van der Waals surface area contributed by atoms with Crippen LogP contribution in [0.15, 0.2) is 47.7 Å². The average Bonchev–Trinajstić information content (AvgIpc) is 3.19. The molecule has 0 radical (unpaired) electrons. The maximum absolute atomic E-state index is 13.4. The van der Waals surface area contributed by atoms with Crippen LogP contribution in [0.1, 0.15) is 44.2 Å². The first kappa shape index (κ1) is 23.9. The van der Waals surface area contributed by atoms with Gasteiger partial charge in [-0.15, -0.1) is 0 Å². The predicted octanol–water partition coefficient (Wildman–Crippen LogP) is 3.29. The highest BCUT2D eigenvalue weighted by atomic mass is 16.3. The molecule has 8 nitrogen and oxygen atoms in total. The van der Waals surface area contributed by atoms with E-state index >= 15 is 0 Å². The van der Waals surface area contributed by atoms with E-state index < -0.39 is 11.1 Å². The molecule has 1 saturated carbocycles.